The van der Waals surface area contributed by atoms with Crippen LogP contribution in [-0.4, -0.2) is 11.6 Å². The van der Waals surface area contributed by atoms with E-state index < -0.39 is 4.92 Å². The van der Waals surface area contributed by atoms with Crippen LogP contribution in [0.15, 0.2) is 53.5 Å². The lowest BCUT2D eigenvalue weighted by Gasteiger charge is -2.04. The van der Waals surface area contributed by atoms with Gasteiger partial charge in [-0.05, 0) is 30.5 Å². The van der Waals surface area contributed by atoms with Gasteiger partial charge in [0.2, 0.25) is 0 Å². The Balaban J connectivity index is 2.46. The summed E-state index contributed by atoms with van der Waals surface area (Å²) >= 11 is 0. The summed E-state index contributed by atoms with van der Waals surface area (Å²) in [5, 5.41) is 10.5. The predicted octanol–water partition coefficient (Wildman–Crippen LogP) is 3.59. The largest absolute Gasteiger partial charge is 0.269 e. The van der Waals surface area contributed by atoms with Gasteiger partial charge in [-0.3, -0.25) is 15.1 Å². The molecule has 2 aromatic carbocycles. The Hall–Kier alpha value is -2.49. The van der Waals surface area contributed by atoms with Crippen LogP contribution < -0.4 is 0 Å². The molecule has 0 saturated carbocycles. The number of nitro benzene ring substituents is 1. The molecule has 0 atom stereocenters. The van der Waals surface area contributed by atoms with Crippen LogP contribution in [0.2, 0.25) is 0 Å². The van der Waals surface area contributed by atoms with Crippen molar-refractivity contribution < 1.29 is 4.92 Å². The molecule has 0 amide bonds. The van der Waals surface area contributed by atoms with Crippen LogP contribution in [0.25, 0.3) is 11.1 Å². The number of nitrogens with zero attached hydrogens (tertiary/aromatic N) is 2. The third-order valence-electron chi connectivity index (χ3n) is 2.46. The molecule has 4 nitrogen and oxygen atoms in total. The van der Waals surface area contributed by atoms with E-state index in [0.717, 1.165) is 16.8 Å². The molecule has 0 spiro atoms. The van der Waals surface area contributed by atoms with Crippen LogP contribution in [0.5, 0.6) is 0 Å². The Morgan fingerprint density at radius 2 is 1.71 bits per heavy atom. The number of hydrogen-bond donors (Lipinski definition) is 0. The Kier molecular flexibility index (Phi) is 2.96. The first-order chi connectivity index (χ1) is 8.22. The minimum absolute atomic E-state index is 0.0813. The summed E-state index contributed by atoms with van der Waals surface area (Å²) in [5.74, 6) is 0. The maximum atomic E-state index is 10.5. The molecule has 0 bridgehead atoms. The van der Waals surface area contributed by atoms with Crippen molar-refractivity contribution in [2.45, 2.75) is 0 Å². The zero-order chi connectivity index (χ0) is 12.3. The number of benzene rings is 2. The van der Waals surface area contributed by atoms with Gasteiger partial charge in [0.15, 0.2) is 0 Å². The van der Waals surface area contributed by atoms with Gasteiger partial charge >= 0.3 is 0 Å². The van der Waals surface area contributed by atoms with E-state index in [1.807, 2.05) is 24.3 Å². The Labute approximate surface area is 98.4 Å². The number of hydrogen-bond acceptors (Lipinski definition) is 3. The van der Waals surface area contributed by atoms with Crippen molar-refractivity contribution in [2.75, 3.05) is 0 Å². The second-order valence-corrected chi connectivity index (χ2v) is 3.48. The van der Waals surface area contributed by atoms with Crippen LogP contribution in [0.4, 0.5) is 11.4 Å². The van der Waals surface area contributed by atoms with E-state index in [0.29, 0.717) is 0 Å². The first-order valence-electron chi connectivity index (χ1n) is 5.03. The standard InChI is InChI=1S/C13H10N2O2/c1-14-13-5-3-2-4-12(13)10-6-8-11(9-7-10)15(16)17/h2-9H,1H2. The summed E-state index contributed by atoms with van der Waals surface area (Å²) in [4.78, 5) is 14.1. The lowest BCUT2D eigenvalue weighted by Crippen LogP contribution is -1.87. The lowest BCUT2D eigenvalue weighted by atomic mass is 10.0. The third-order valence-corrected chi connectivity index (χ3v) is 2.46. The summed E-state index contributed by atoms with van der Waals surface area (Å²) in [7, 11) is 0. The van der Waals surface area contributed by atoms with E-state index in [1.165, 1.54) is 12.1 Å². The molecular weight excluding hydrogens is 216 g/mol. The summed E-state index contributed by atoms with van der Waals surface area (Å²) in [6, 6.07) is 13.9. The van der Waals surface area contributed by atoms with Gasteiger partial charge < -0.3 is 0 Å². The molecule has 0 saturated heterocycles. The molecule has 0 unspecified atom stereocenters. The van der Waals surface area contributed by atoms with E-state index in [1.54, 1.807) is 12.1 Å². The first-order valence-corrected chi connectivity index (χ1v) is 5.03. The average Bonchev–Trinajstić information content (AvgIpc) is 2.39. The number of aliphatic imine (C=N–C) groups is 1. The minimum atomic E-state index is -0.415. The highest BCUT2D eigenvalue weighted by Crippen LogP contribution is 2.30. The molecule has 0 aliphatic rings. The van der Waals surface area contributed by atoms with Gasteiger partial charge in [-0.2, -0.15) is 0 Å². The van der Waals surface area contributed by atoms with Crippen molar-refractivity contribution >= 4 is 18.1 Å². The maximum absolute atomic E-state index is 10.5. The maximum Gasteiger partial charge on any atom is 0.269 e. The summed E-state index contributed by atoms with van der Waals surface area (Å²) in [6.07, 6.45) is 0. The first kappa shape index (κ1) is 11.0. The minimum Gasteiger partial charge on any atom is -0.264 e. The molecule has 84 valence electrons. The van der Waals surface area contributed by atoms with Crippen molar-refractivity contribution in [2.24, 2.45) is 4.99 Å². The topological polar surface area (TPSA) is 55.5 Å². The van der Waals surface area contributed by atoms with Crippen LogP contribution >= 0.6 is 0 Å². The molecule has 17 heavy (non-hydrogen) atoms. The van der Waals surface area contributed by atoms with E-state index in [2.05, 4.69) is 11.7 Å². The fraction of sp³-hybridized carbons (Fsp3) is 0. The van der Waals surface area contributed by atoms with Gasteiger partial charge in [0, 0.05) is 17.7 Å². The second-order valence-electron chi connectivity index (χ2n) is 3.48. The number of para-hydroxylation sites is 1. The van der Waals surface area contributed by atoms with E-state index in [4.69, 9.17) is 0 Å². The second kappa shape index (κ2) is 4.57. The molecule has 0 radical (unpaired) electrons. The van der Waals surface area contributed by atoms with Gasteiger partial charge in [-0.15, -0.1) is 0 Å². The fourth-order valence-electron chi connectivity index (χ4n) is 1.62. The van der Waals surface area contributed by atoms with Gasteiger partial charge in [0.25, 0.3) is 5.69 Å². The van der Waals surface area contributed by atoms with Gasteiger partial charge in [0.1, 0.15) is 0 Å². The molecule has 0 aliphatic carbocycles. The Morgan fingerprint density at radius 1 is 1.06 bits per heavy atom. The molecule has 0 aromatic heterocycles. The zero-order valence-electron chi connectivity index (χ0n) is 9.04. The molecule has 0 heterocycles. The highest BCUT2D eigenvalue weighted by molar-refractivity contribution is 5.77. The highest BCUT2D eigenvalue weighted by Gasteiger charge is 2.07. The number of rotatable bonds is 3. The summed E-state index contributed by atoms with van der Waals surface area (Å²) in [6.45, 7) is 3.50. The normalized spacial score (nSPS) is 9.88. The quantitative estimate of drug-likeness (QED) is 0.456. The molecule has 2 aromatic rings. The molecule has 0 fully saturated rings. The van der Waals surface area contributed by atoms with Gasteiger partial charge in [0.05, 0.1) is 10.6 Å². The zero-order valence-corrected chi connectivity index (χ0v) is 9.04. The molecule has 2 rings (SSSR count). The van der Waals surface area contributed by atoms with Crippen molar-refractivity contribution in [3.63, 3.8) is 0 Å². The molecule has 0 aliphatic heterocycles. The van der Waals surface area contributed by atoms with Gasteiger partial charge in [-0.1, -0.05) is 18.2 Å². The third kappa shape index (κ3) is 2.20. The van der Waals surface area contributed by atoms with Crippen LogP contribution in [-0.2, 0) is 0 Å². The van der Waals surface area contributed by atoms with E-state index >= 15 is 0 Å². The monoisotopic (exact) mass is 226 g/mol. The fourth-order valence-corrected chi connectivity index (χ4v) is 1.62. The molecule has 4 heteroatoms. The lowest BCUT2D eigenvalue weighted by molar-refractivity contribution is -0.384. The van der Waals surface area contributed by atoms with Crippen molar-refractivity contribution in [3.8, 4) is 11.1 Å². The van der Waals surface area contributed by atoms with Crippen LogP contribution in [0.1, 0.15) is 0 Å². The van der Waals surface area contributed by atoms with Crippen LogP contribution in [0, 0.1) is 10.1 Å². The molecule has 0 N–H and O–H groups in total. The van der Waals surface area contributed by atoms with Crippen molar-refractivity contribution in [1.82, 2.24) is 0 Å². The van der Waals surface area contributed by atoms with Crippen molar-refractivity contribution in [1.29, 1.82) is 0 Å². The summed E-state index contributed by atoms with van der Waals surface area (Å²) in [5.41, 5.74) is 2.65. The highest BCUT2D eigenvalue weighted by atomic mass is 16.6. The molecular formula is C13H10N2O2. The van der Waals surface area contributed by atoms with E-state index in [9.17, 15) is 10.1 Å². The average molecular weight is 226 g/mol. The van der Waals surface area contributed by atoms with E-state index in [-0.39, 0.29) is 5.69 Å². The smallest absolute Gasteiger partial charge is 0.264 e. The van der Waals surface area contributed by atoms with Gasteiger partial charge in [-0.25, -0.2) is 0 Å². The Morgan fingerprint density at radius 3 is 2.29 bits per heavy atom. The Bertz CT molecular complexity index is 562. The van der Waals surface area contributed by atoms with Crippen molar-refractivity contribution in [3.05, 3.63) is 58.6 Å². The van der Waals surface area contributed by atoms with Crippen LogP contribution in [0.3, 0.4) is 0 Å². The predicted molar refractivity (Wildman–Crippen MR) is 67.7 cm³/mol. The summed E-state index contributed by atoms with van der Waals surface area (Å²) < 4.78 is 0. The SMILES string of the molecule is C=Nc1ccccc1-c1ccc([N+](=O)[O-])cc1. The number of nitro groups is 1. The number of non-ortho nitro benzene ring substituents is 1.